The fourth-order valence-electron chi connectivity index (χ4n) is 8.59. The van der Waals surface area contributed by atoms with Gasteiger partial charge in [0.1, 0.15) is 0 Å². The van der Waals surface area contributed by atoms with Crippen LogP contribution < -0.4 is 9.80 Å². The Kier molecular flexibility index (Phi) is 8.34. The van der Waals surface area contributed by atoms with Crippen molar-refractivity contribution in [3.63, 3.8) is 0 Å². The highest BCUT2D eigenvalue weighted by Crippen LogP contribution is 2.50. The quantitative estimate of drug-likeness (QED) is 0.153. The summed E-state index contributed by atoms with van der Waals surface area (Å²) in [5, 5.41) is 4.95. The summed E-state index contributed by atoms with van der Waals surface area (Å²) < 4.78 is 4.88. The van der Waals surface area contributed by atoms with E-state index in [1.165, 1.54) is 53.1 Å². The number of aromatic nitrogens is 1. The molecule has 58 heavy (non-hydrogen) atoms. The molecule has 11 rings (SSSR count). The van der Waals surface area contributed by atoms with Crippen LogP contribution in [0.1, 0.15) is 0 Å². The topological polar surface area (TPSA) is 11.4 Å². The molecule has 0 aliphatic carbocycles. The molecule has 274 valence electrons. The molecule has 0 aliphatic rings. The second-order valence-corrected chi connectivity index (χ2v) is 15.6. The molecule has 2 aromatic heterocycles. The van der Waals surface area contributed by atoms with Gasteiger partial charge in [-0.15, -0.1) is 11.3 Å². The first-order chi connectivity index (χ1) is 28.8. The van der Waals surface area contributed by atoms with Gasteiger partial charge in [-0.1, -0.05) is 127 Å². The standard InChI is InChI=1S/C54H37N3S/c1-6-18-38(19-7-1)45-32-34-51(56(40-22-10-3-11-23-40)41-24-12-4-13-25-41)54-53(45)48-37-44(31-35-52(48)58-54)55(39-20-8-2-9-21-39)43-30-33-50-47(36-43)46-28-16-17-29-49(46)57(50)42-26-14-5-15-27-42/h1-37H. The molecule has 0 aliphatic heterocycles. The average molecular weight is 760 g/mol. The summed E-state index contributed by atoms with van der Waals surface area (Å²) >= 11 is 1.87. The summed E-state index contributed by atoms with van der Waals surface area (Å²) in [6.45, 7) is 0. The summed E-state index contributed by atoms with van der Waals surface area (Å²) in [5.74, 6) is 0. The third kappa shape index (κ3) is 5.73. The van der Waals surface area contributed by atoms with Gasteiger partial charge in [0.05, 0.1) is 21.4 Å². The number of hydrogen-bond donors (Lipinski definition) is 0. The highest BCUT2D eigenvalue weighted by atomic mass is 32.1. The van der Waals surface area contributed by atoms with Crippen molar-refractivity contribution in [1.82, 2.24) is 4.57 Å². The maximum absolute atomic E-state index is 2.41. The first kappa shape index (κ1) is 33.9. The first-order valence-electron chi connectivity index (χ1n) is 19.7. The molecule has 0 unspecified atom stereocenters. The van der Waals surface area contributed by atoms with Gasteiger partial charge in [0.25, 0.3) is 0 Å². The smallest absolute Gasteiger partial charge is 0.0640 e. The monoisotopic (exact) mass is 759 g/mol. The molecular weight excluding hydrogens is 723 g/mol. The Balaban J connectivity index is 1.15. The zero-order valence-corrected chi connectivity index (χ0v) is 32.4. The van der Waals surface area contributed by atoms with E-state index in [4.69, 9.17) is 0 Å². The molecule has 0 fully saturated rings. The Hall–Kier alpha value is -7.40. The second kappa shape index (κ2) is 14.3. The van der Waals surface area contributed by atoms with E-state index in [9.17, 15) is 0 Å². The van der Waals surface area contributed by atoms with Crippen molar-refractivity contribution in [2.75, 3.05) is 9.80 Å². The lowest BCUT2D eigenvalue weighted by Crippen LogP contribution is -2.10. The van der Waals surface area contributed by atoms with Gasteiger partial charge < -0.3 is 14.4 Å². The van der Waals surface area contributed by atoms with Crippen molar-refractivity contribution in [3.05, 3.63) is 224 Å². The minimum Gasteiger partial charge on any atom is -0.310 e. The number of thiophene rings is 1. The third-order valence-corrected chi connectivity index (χ3v) is 12.3. The van der Waals surface area contributed by atoms with Gasteiger partial charge in [-0.3, -0.25) is 0 Å². The minimum atomic E-state index is 1.11. The van der Waals surface area contributed by atoms with Gasteiger partial charge in [-0.05, 0) is 108 Å². The molecule has 2 heterocycles. The van der Waals surface area contributed by atoms with Crippen LogP contribution in [-0.2, 0) is 0 Å². The van der Waals surface area contributed by atoms with E-state index < -0.39 is 0 Å². The third-order valence-electron chi connectivity index (χ3n) is 11.1. The van der Waals surface area contributed by atoms with E-state index in [1.54, 1.807) is 0 Å². The highest BCUT2D eigenvalue weighted by molar-refractivity contribution is 7.26. The molecule has 0 spiro atoms. The number of fused-ring (bicyclic) bond motifs is 6. The first-order valence-corrected chi connectivity index (χ1v) is 20.5. The molecule has 0 saturated heterocycles. The van der Waals surface area contributed by atoms with E-state index in [0.29, 0.717) is 0 Å². The van der Waals surface area contributed by atoms with Crippen LogP contribution in [-0.4, -0.2) is 4.57 Å². The van der Waals surface area contributed by atoms with Crippen LogP contribution in [0.25, 0.3) is 58.8 Å². The predicted molar refractivity (Wildman–Crippen MR) is 248 cm³/mol. The van der Waals surface area contributed by atoms with Crippen molar-refractivity contribution in [2.45, 2.75) is 0 Å². The van der Waals surface area contributed by atoms with Crippen molar-refractivity contribution >= 4 is 87.4 Å². The summed E-state index contributed by atoms with van der Waals surface area (Å²) in [5.41, 5.74) is 12.7. The van der Waals surface area contributed by atoms with Gasteiger partial charge in [0.2, 0.25) is 0 Å². The van der Waals surface area contributed by atoms with Crippen LogP contribution in [0.5, 0.6) is 0 Å². The van der Waals surface area contributed by atoms with E-state index in [2.05, 4.69) is 239 Å². The molecule has 4 heteroatoms. The lowest BCUT2D eigenvalue weighted by Gasteiger charge is -2.26. The molecule has 0 bridgehead atoms. The summed E-state index contributed by atoms with van der Waals surface area (Å²) in [4.78, 5) is 4.80. The lowest BCUT2D eigenvalue weighted by atomic mass is 9.98. The average Bonchev–Trinajstić information content (AvgIpc) is 3.84. The fourth-order valence-corrected chi connectivity index (χ4v) is 9.80. The molecule has 0 amide bonds. The molecular formula is C54H37N3S. The SMILES string of the molecule is c1ccc(-c2ccc(N(c3ccccc3)c3ccccc3)c3sc4ccc(N(c5ccccc5)c5ccc6c(c5)c5ccccc5n6-c5ccccc5)cc4c23)cc1. The number of hydrogen-bond acceptors (Lipinski definition) is 3. The Labute approximate surface area is 341 Å². The van der Waals surface area contributed by atoms with E-state index in [0.717, 1.165) is 39.8 Å². The normalized spacial score (nSPS) is 11.4. The summed E-state index contributed by atoms with van der Waals surface area (Å²) in [6.07, 6.45) is 0. The van der Waals surface area contributed by atoms with Gasteiger partial charge >= 0.3 is 0 Å². The molecule has 0 saturated carbocycles. The molecule has 0 atom stereocenters. The van der Waals surface area contributed by atoms with Gasteiger partial charge in [0, 0.05) is 60.4 Å². The largest absolute Gasteiger partial charge is 0.310 e. The van der Waals surface area contributed by atoms with Crippen molar-refractivity contribution in [1.29, 1.82) is 0 Å². The molecule has 0 radical (unpaired) electrons. The molecule has 3 nitrogen and oxygen atoms in total. The van der Waals surface area contributed by atoms with Crippen molar-refractivity contribution in [2.24, 2.45) is 0 Å². The van der Waals surface area contributed by atoms with E-state index in [1.807, 2.05) is 11.3 Å². The van der Waals surface area contributed by atoms with Gasteiger partial charge in [0.15, 0.2) is 0 Å². The highest BCUT2D eigenvalue weighted by Gasteiger charge is 2.23. The fraction of sp³-hybridized carbons (Fsp3) is 0. The van der Waals surface area contributed by atoms with Gasteiger partial charge in [-0.25, -0.2) is 0 Å². The molecule has 0 N–H and O–H groups in total. The lowest BCUT2D eigenvalue weighted by molar-refractivity contribution is 1.18. The number of nitrogens with zero attached hydrogens (tertiary/aromatic N) is 3. The molecule has 11 aromatic rings. The number of anilines is 6. The van der Waals surface area contributed by atoms with Crippen LogP contribution in [0.2, 0.25) is 0 Å². The van der Waals surface area contributed by atoms with Crippen LogP contribution >= 0.6 is 11.3 Å². The van der Waals surface area contributed by atoms with Crippen LogP contribution in [0.3, 0.4) is 0 Å². The van der Waals surface area contributed by atoms with Crippen molar-refractivity contribution in [3.8, 4) is 16.8 Å². The van der Waals surface area contributed by atoms with Crippen molar-refractivity contribution < 1.29 is 0 Å². The Morgan fingerprint density at radius 1 is 0.362 bits per heavy atom. The zero-order valence-electron chi connectivity index (χ0n) is 31.6. The van der Waals surface area contributed by atoms with Gasteiger partial charge in [-0.2, -0.15) is 0 Å². The number of rotatable bonds is 8. The maximum atomic E-state index is 2.41. The Morgan fingerprint density at radius 3 is 1.53 bits per heavy atom. The van der Waals surface area contributed by atoms with Crippen LogP contribution in [0.4, 0.5) is 34.1 Å². The second-order valence-electron chi connectivity index (χ2n) is 14.6. The number of para-hydroxylation sites is 5. The Bertz CT molecular complexity index is 3170. The zero-order chi connectivity index (χ0) is 38.4. The molecule has 9 aromatic carbocycles. The predicted octanol–water partition coefficient (Wildman–Crippen LogP) is 15.8. The summed E-state index contributed by atoms with van der Waals surface area (Å²) in [7, 11) is 0. The Morgan fingerprint density at radius 2 is 0.879 bits per heavy atom. The minimum absolute atomic E-state index is 1.11. The van der Waals surface area contributed by atoms with Crippen LogP contribution in [0.15, 0.2) is 224 Å². The van der Waals surface area contributed by atoms with E-state index >= 15 is 0 Å². The van der Waals surface area contributed by atoms with Crippen LogP contribution in [0, 0.1) is 0 Å². The maximum Gasteiger partial charge on any atom is 0.0640 e. The summed E-state index contributed by atoms with van der Waals surface area (Å²) in [6, 6.07) is 81.0. The van der Waals surface area contributed by atoms with E-state index in [-0.39, 0.29) is 0 Å². The number of benzene rings is 9.